The lowest BCUT2D eigenvalue weighted by molar-refractivity contribution is -0.286. The Bertz CT molecular complexity index is 1150. The summed E-state index contributed by atoms with van der Waals surface area (Å²) in [6, 6.07) is 4.38. The third kappa shape index (κ3) is 3.64. The molecule has 29 heavy (non-hydrogen) atoms. The van der Waals surface area contributed by atoms with Gasteiger partial charge in [-0.3, -0.25) is 0 Å². The van der Waals surface area contributed by atoms with Crippen molar-refractivity contribution < 1.29 is 27.8 Å². The zero-order valence-electron chi connectivity index (χ0n) is 15.9. The van der Waals surface area contributed by atoms with Crippen molar-refractivity contribution in [1.29, 1.82) is 0 Å². The molecule has 0 spiro atoms. The summed E-state index contributed by atoms with van der Waals surface area (Å²) in [5, 5.41) is 0.534. The third-order valence-corrected chi connectivity index (χ3v) is 4.58. The van der Waals surface area contributed by atoms with Crippen LogP contribution in [0.5, 0.6) is 11.5 Å². The van der Waals surface area contributed by atoms with Gasteiger partial charge in [0.05, 0.1) is 11.1 Å². The van der Waals surface area contributed by atoms with Gasteiger partial charge in [0, 0.05) is 16.2 Å². The zero-order valence-corrected chi connectivity index (χ0v) is 17.5. The van der Waals surface area contributed by atoms with Gasteiger partial charge in [0.15, 0.2) is 17.1 Å². The van der Waals surface area contributed by atoms with E-state index in [4.69, 9.17) is 4.74 Å². The van der Waals surface area contributed by atoms with Crippen LogP contribution in [0.25, 0.3) is 22.3 Å². The Morgan fingerprint density at radius 2 is 1.90 bits per heavy atom. The van der Waals surface area contributed by atoms with E-state index in [1.807, 2.05) is 0 Å². The maximum Gasteiger partial charge on any atom is 0.586 e. The lowest BCUT2D eigenvalue weighted by Gasteiger charge is -2.19. The molecule has 0 unspecified atom stereocenters. The Hall–Kier alpha value is -2.75. The fourth-order valence-electron chi connectivity index (χ4n) is 2.95. The molecular formula is C19H16BrF2N3O4. The molecule has 0 amide bonds. The number of carbonyl (C=O) groups is 1. The highest BCUT2D eigenvalue weighted by Crippen LogP contribution is 2.44. The Labute approximate surface area is 172 Å². The standard InChI is InChI=1S/C19H16BrF2N3O4/c1-9-23-15(10-5-6-12-13(7-10)28-19(21,22)27-12)14-11(20)8-25(16(14)24-9)17(26)29-18(2,3)4/h5-8H,1-4H3. The Morgan fingerprint density at radius 3 is 2.59 bits per heavy atom. The summed E-state index contributed by atoms with van der Waals surface area (Å²) in [7, 11) is 0. The number of benzene rings is 1. The van der Waals surface area contributed by atoms with Gasteiger partial charge >= 0.3 is 12.4 Å². The van der Waals surface area contributed by atoms with E-state index in [1.54, 1.807) is 33.8 Å². The van der Waals surface area contributed by atoms with E-state index in [0.717, 1.165) is 0 Å². The molecule has 1 aliphatic rings. The fourth-order valence-corrected chi connectivity index (χ4v) is 3.52. The van der Waals surface area contributed by atoms with E-state index in [9.17, 15) is 13.6 Å². The Balaban J connectivity index is 1.86. The number of hydrogen-bond donors (Lipinski definition) is 0. The molecule has 1 aliphatic heterocycles. The topological polar surface area (TPSA) is 75.5 Å². The van der Waals surface area contributed by atoms with Crippen LogP contribution in [-0.2, 0) is 4.74 Å². The first-order valence-corrected chi connectivity index (χ1v) is 9.42. The van der Waals surface area contributed by atoms with Gasteiger partial charge in [-0.15, -0.1) is 8.78 Å². The summed E-state index contributed by atoms with van der Waals surface area (Å²) in [6.07, 6.45) is -2.77. The highest BCUT2D eigenvalue weighted by Gasteiger charge is 2.43. The minimum absolute atomic E-state index is 0.0637. The molecule has 2 aromatic heterocycles. The average molecular weight is 468 g/mol. The summed E-state index contributed by atoms with van der Waals surface area (Å²) in [5.41, 5.74) is 0.594. The van der Waals surface area contributed by atoms with Gasteiger partial charge in [0.25, 0.3) is 0 Å². The van der Waals surface area contributed by atoms with Crippen molar-refractivity contribution in [2.24, 2.45) is 0 Å². The fraction of sp³-hybridized carbons (Fsp3) is 0.316. The van der Waals surface area contributed by atoms with E-state index in [0.29, 0.717) is 32.6 Å². The molecule has 0 N–H and O–H groups in total. The minimum atomic E-state index is -3.71. The number of hydrogen-bond acceptors (Lipinski definition) is 6. The summed E-state index contributed by atoms with van der Waals surface area (Å²) in [5.74, 6) is 0.233. The third-order valence-electron chi connectivity index (χ3n) is 3.98. The smallest absolute Gasteiger partial charge is 0.443 e. The van der Waals surface area contributed by atoms with Crippen molar-refractivity contribution in [2.75, 3.05) is 0 Å². The van der Waals surface area contributed by atoms with Crippen molar-refractivity contribution in [3.05, 3.63) is 34.7 Å². The van der Waals surface area contributed by atoms with Crippen LogP contribution in [0.4, 0.5) is 13.6 Å². The average Bonchev–Trinajstić information content (AvgIpc) is 3.07. The van der Waals surface area contributed by atoms with Gasteiger partial charge < -0.3 is 14.2 Å². The van der Waals surface area contributed by atoms with Crippen LogP contribution in [0.15, 0.2) is 28.9 Å². The maximum absolute atomic E-state index is 13.3. The van der Waals surface area contributed by atoms with E-state index >= 15 is 0 Å². The maximum atomic E-state index is 13.3. The molecule has 3 heterocycles. The van der Waals surface area contributed by atoms with Crippen LogP contribution < -0.4 is 9.47 Å². The second kappa shape index (κ2) is 6.38. The van der Waals surface area contributed by atoms with Crippen molar-refractivity contribution in [3.63, 3.8) is 0 Å². The molecule has 4 rings (SSSR count). The van der Waals surface area contributed by atoms with Crippen LogP contribution in [0.1, 0.15) is 26.6 Å². The normalized spacial score (nSPS) is 15.0. The van der Waals surface area contributed by atoms with Gasteiger partial charge in [0.2, 0.25) is 0 Å². The molecule has 0 saturated carbocycles. The minimum Gasteiger partial charge on any atom is -0.443 e. The Morgan fingerprint density at radius 1 is 1.21 bits per heavy atom. The molecule has 0 radical (unpaired) electrons. The molecule has 3 aromatic rings. The molecule has 0 saturated heterocycles. The second-order valence-electron chi connectivity index (χ2n) is 7.47. The van der Waals surface area contributed by atoms with Gasteiger partial charge in [-0.05, 0) is 61.8 Å². The zero-order chi connectivity index (χ0) is 21.1. The van der Waals surface area contributed by atoms with Gasteiger partial charge in [-0.1, -0.05) is 0 Å². The predicted molar refractivity (Wildman–Crippen MR) is 103 cm³/mol. The first kappa shape index (κ1) is 19.6. The Kier molecular flexibility index (Phi) is 4.30. The number of rotatable bonds is 1. The first-order chi connectivity index (χ1) is 13.4. The van der Waals surface area contributed by atoms with Crippen molar-refractivity contribution in [3.8, 4) is 22.8 Å². The molecule has 0 bridgehead atoms. The molecule has 10 heteroatoms. The summed E-state index contributed by atoms with van der Waals surface area (Å²) in [6.45, 7) is 6.96. The quantitative estimate of drug-likeness (QED) is 0.484. The lowest BCUT2D eigenvalue weighted by atomic mass is 10.1. The summed E-state index contributed by atoms with van der Waals surface area (Å²) < 4.78 is 42.9. The van der Waals surface area contributed by atoms with Crippen molar-refractivity contribution >= 4 is 33.1 Å². The lowest BCUT2D eigenvalue weighted by Crippen LogP contribution is -2.27. The number of carbonyl (C=O) groups excluding carboxylic acids is 1. The van der Waals surface area contributed by atoms with E-state index in [1.165, 1.54) is 22.9 Å². The van der Waals surface area contributed by atoms with Gasteiger partial charge in [0.1, 0.15) is 11.4 Å². The molecule has 7 nitrogen and oxygen atoms in total. The van der Waals surface area contributed by atoms with Crippen LogP contribution in [0.2, 0.25) is 0 Å². The molecule has 0 aliphatic carbocycles. The highest BCUT2D eigenvalue weighted by atomic mass is 79.9. The number of alkyl halides is 2. The number of ether oxygens (including phenoxy) is 3. The van der Waals surface area contributed by atoms with Gasteiger partial charge in [-0.2, -0.15) is 0 Å². The first-order valence-electron chi connectivity index (χ1n) is 8.62. The number of aryl methyl sites for hydroxylation is 1. The summed E-state index contributed by atoms with van der Waals surface area (Å²) >= 11 is 3.43. The molecular weight excluding hydrogens is 452 g/mol. The highest BCUT2D eigenvalue weighted by molar-refractivity contribution is 9.10. The predicted octanol–water partition coefficient (Wildman–Crippen LogP) is 5.27. The number of aromatic nitrogens is 3. The summed E-state index contributed by atoms with van der Waals surface area (Å²) in [4.78, 5) is 21.4. The molecule has 1 aromatic carbocycles. The van der Waals surface area contributed by atoms with Crippen LogP contribution in [0.3, 0.4) is 0 Å². The number of fused-ring (bicyclic) bond motifs is 2. The van der Waals surface area contributed by atoms with Gasteiger partial charge in [-0.25, -0.2) is 19.3 Å². The largest absolute Gasteiger partial charge is 0.586 e. The monoisotopic (exact) mass is 467 g/mol. The van der Waals surface area contributed by atoms with E-state index < -0.39 is 18.0 Å². The van der Waals surface area contributed by atoms with E-state index in [-0.39, 0.29) is 11.5 Å². The van der Waals surface area contributed by atoms with Crippen molar-refractivity contribution in [1.82, 2.24) is 14.5 Å². The van der Waals surface area contributed by atoms with Crippen LogP contribution in [0, 0.1) is 6.92 Å². The van der Waals surface area contributed by atoms with Crippen LogP contribution in [-0.4, -0.2) is 32.5 Å². The van der Waals surface area contributed by atoms with Crippen LogP contribution >= 0.6 is 15.9 Å². The molecule has 0 atom stereocenters. The molecule has 0 fully saturated rings. The second-order valence-corrected chi connectivity index (χ2v) is 8.33. The number of nitrogens with zero attached hydrogens (tertiary/aromatic N) is 3. The molecule has 152 valence electrons. The van der Waals surface area contributed by atoms with E-state index in [2.05, 4.69) is 35.4 Å². The number of halogens is 3. The van der Waals surface area contributed by atoms with Crippen molar-refractivity contribution in [2.45, 2.75) is 39.6 Å². The SMILES string of the molecule is Cc1nc(-c2ccc3c(c2)OC(F)(F)O3)c2c(Br)cn(C(=O)OC(C)(C)C)c2n1.